The van der Waals surface area contributed by atoms with E-state index >= 15 is 0 Å². The smallest absolute Gasteiger partial charge is 0.307 e. The summed E-state index contributed by atoms with van der Waals surface area (Å²) in [5, 5.41) is 8.70. The highest BCUT2D eigenvalue weighted by Gasteiger charge is 2.17. The minimum Gasteiger partial charge on any atom is -0.481 e. The van der Waals surface area contributed by atoms with Crippen LogP contribution in [0.25, 0.3) is 11.3 Å². The highest BCUT2D eigenvalue weighted by Crippen LogP contribution is 2.27. The van der Waals surface area contributed by atoms with Crippen molar-refractivity contribution in [3.63, 3.8) is 0 Å². The van der Waals surface area contributed by atoms with Crippen molar-refractivity contribution in [2.24, 2.45) is 0 Å². The van der Waals surface area contributed by atoms with Gasteiger partial charge in [-0.15, -0.1) is 0 Å². The molecular formula is C13H12FNO3S. The Hall–Kier alpha value is -1.95. The molecule has 4 nitrogen and oxygen atoms in total. The number of aliphatic carboxylic acids is 1. The van der Waals surface area contributed by atoms with E-state index in [4.69, 9.17) is 5.11 Å². The van der Waals surface area contributed by atoms with Gasteiger partial charge in [0, 0.05) is 17.0 Å². The van der Waals surface area contributed by atoms with Crippen LogP contribution in [0.1, 0.15) is 11.3 Å². The standard InChI is InChI=1S/C13H12FNO3S/c1-8-12(9-4-2-3-5-10(9)14)15(13(18)19-8)7-6-11(16)17/h2-5H,6-7H2,1H3,(H,16,17). The van der Waals surface area contributed by atoms with Crippen LogP contribution >= 0.6 is 11.3 Å². The predicted molar refractivity (Wildman–Crippen MR) is 71.0 cm³/mol. The summed E-state index contributed by atoms with van der Waals surface area (Å²) >= 11 is 0.999. The number of nitrogens with zero attached hydrogens (tertiary/aromatic N) is 1. The molecule has 1 aromatic heterocycles. The lowest BCUT2D eigenvalue weighted by Crippen LogP contribution is -2.16. The third-order valence-corrected chi connectivity index (χ3v) is 3.64. The average Bonchev–Trinajstić information content (AvgIpc) is 2.62. The maximum absolute atomic E-state index is 13.8. The Kier molecular flexibility index (Phi) is 3.80. The van der Waals surface area contributed by atoms with E-state index in [1.54, 1.807) is 25.1 Å². The first kappa shape index (κ1) is 13.5. The van der Waals surface area contributed by atoms with Crippen molar-refractivity contribution in [2.45, 2.75) is 19.9 Å². The van der Waals surface area contributed by atoms with Crippen LogP contribution in [0.15, 0.2) is 29.1 Å². The molecule has 0 amide bonds. The molecule has 0 saturated heterocycles. The first-order chi connectivity index (χ1) is 9.00. The molecule has 0 aliphatic carbocycles. The van der Waals surface area contributed by atoms with Crippen LogP contribution in [-0.4, -0.2) is 15.6 Å². The van der Waals surface area contributed by atoms with Crippen molar-refractivity contribution < 1.29 is 14.3 Å². The fourth-order valence-corrected chi connectivity index (χ4v) is 2.79. The van der Waals surface area contributed by atoms with Gasteiger partial charge in [0.1, 0.15) is 5.82 Å². The number of benzene rings is 1. The normalized spacial score (nSPS) is 10.6. The highest BCUT2D eigenvalue weighted by molar-refractivity contribution is 7.09. The van der Waals surface area contributed by atoms with Crippen molar-refractivity contribution in [3.05, 3.63) is 44.6 Å². The third kappa shape index (κ3) is 2.73. The van der Waals surface area contributed by atoms with E-state index in [-0.39, 0.29) is 17.8 Å². The maximum Gasteiger partial charge on any atom is 0.307 e. The van der Waals surface area contributed by atoms with E-state index < -0.39 is 11.8 Å². The van der Waals surface area contributed by atoms with Gasteiger partial charge in [-0.2, -0.15) is 0 Å². The molecule has 0 bridgehead atoms. The second kappa shape index (κ2) is 5.36. The Morgan fingerprint density at radius 1 is 1.42 bits per heavy atom. The van der Waals surface area contributed by atoms with Crippen molar-refractivity contribution in [2.75, 3.05) is 0 Å². The lowest BCUT2D eigenvalue weighted by atomic mass is 10.1. The predicted octanol–water partition coefficient (Wildman–Crippen LogP) is 2.50. The molecule has 6 heteroatoms. The molecule has 1 heterocycles. The zero-order valence-electron chi connectivity index (χ0n) is 10.2. The van der Waals surface area contributed by atoms with E-state index in [1.807, 2.05) is 0 Å². The van der Waals surface area contributed by atoms with Gasteiger partial charge in [-0.1, -0.05) is 23.5 Å². The number of hydrogen-bond donors (Lipinski definition) is 1. The van der Waals surface area contributed by atoms with Gasteiger partial charge in [0.2, 0.25) is 0 Å². The van der Waals surface area contributed by atoms with Gasteiger partial charge in [0.25, 0.3) is 0 Å². The second-order valence-corrected chi connectivity index (χ2v) is 5.21. The van der Waals surface area contributed by atoms with Crippen molar-refractivity contribution in [1.29, 1.82) is 0 Å². The molecule has 0 aliphatic rings. The van der Waals surface area contributed by atoms with Gasteiger partial charge in [-0.05, 0) is 19.1 Å². The minimum atomic E-state index is -0.991. The number of aromatic nitrogens is 1. The summed E-state index contributed by atoms with van der Waals surface area (Å²) in [7, 11) is 0. The third-order valence-electron chi connectivity index (χ3n) is 2.74. The van der Waals surface area contributed by atoms with Crippen LogP contribution in [-0.2, 0) is 11.3 Å². The van der Waals surface area contributed by atoms with Crippen molar-refractivity contribution in [1.82, 2.24) is 4.57 Å². The van der Waals surface area contributed by atoms with Crippen LogP contribution in [0.4, 0.5) is 4.39 Å². The van der Waals surface area contributed by atoms with Crippen LogP contribution in [0.2, 0.25) is 0 Å². The first-order valence-electron chi connectivity index (χ1n) is 5.67. The molecule has 0 saturated carbocycles. The quantitative estimate of drug-likeness (QED) is 0.936. The Morgan fingerprint density at radius 2 is 2.11 bits per heavy atom. The fourth-order valence-electron chi connectivity index (χ4n) is 1.91. The lowest BCUT2D eigenvalue weighted by Gasteiger charge is -2.08. The summed E-state index contributed by atoms with van der Waals surface area (Å²) in [5.41, 5.74) is 0.790. The molecule has 0 fully saturated rings. The number of rotatable bonds is 4. The number of aryl methyl sites for hydroxylation is 1. The maximum atomic E-state index is 13.8. The van der Waals surface area contributed by atoms with E-state index in [2.05, 4.69) is 0 Å². The molecule has 0 aliphatic heterocycles. The van der Waals surface area contributed by atoms with Crippen LogP contribution < -0.4 is 4.87 Å². The van der Waals surface area contributed by atoms with Crippen LogP contribution in [0, 0.1) is 12.7 Å². The van der Waals surface area contributed by atoms with E-state index in [0.29, 0.717) is 16.1 Å². The van der Waals surface area contributed by atoms with E-state index in [1.165, 1.54) is 10.6 Å². The Balaban J connectivity index is 2.54. The summed E-state index contributed by atoms with van der Waals surface area (Å²) < 4.78 is 15.1. The summed E-state index contributed by atoms with van der Waals surface area (Å²) in [4.78, 5) is 22.9. The largest absolute Gasteiger partial charge is 0.481 e. The zero-order valence-corrected chi connectivity index (χ0v) is 11.0. The van der Waals surface area contributed by atoms with Crippen LogP contribution in [0.3, 0.4) is 0 Å². The molecule has 2 aromatic rings. The minimum absolute atomic E-state index is 0.0438. The van der Waals surface area contributed by atoms with Gasteiger partial charge >= 0.3 is 10.8 Å². The van der Waals surface area contributed by atoms with Crippen molar-refractivity contribution >= 4 is 17.3 Å². The van der Waals surface area contributed by atoms with E-state index in [0.717, 1.165) is 11.3 Å². The first-order valence-corrected chi connectivity index (χ1v) is 6.49. The summed E-state index contributed by atoms with van der Waals surface area (Å²) in [5.74, 6) is -1.41. The van der Waals surface area contributed by atoms with Gasteiger partial charge in [0.15, 0.2) is 0 Å². The molecule has 0 unspecified atom stereocenters. The topological polar surface area (TPSA) is 59.3 Å². The SMILES string of the molecule is Cc1sc(=O)n(CCC(=O)O)c1-c1ccccc1F. The molecule has 1 aromatic carbocycles. The average molecular weight is 281 g/mol. The molecule has 0 spiro atoms. The second-order valence-electron chi connectivity index (χ2n) is 4.05. The van der Waals surface area contributed by atoms with Crippen LogP contribution in [0.5, 0.6) is 0 Å². The molecule has 1 N–H and O–H groups in total. The summed E-state index contributed by atoms with van der Waals surface area (Å²) in [6.07, 6.45) is -0.169. The number of carbonyl (C=O) groups is 1. The Bertz CT molecular complexity index is 675. The molecule has 0 radical (unpaired) electrons. The molecule has 100 valence electrons. The number of hydrogen-bond acceptors (Lipinski definition) is 3. The Labute approximate surface area is 112 Å². The molecule has 0 atom stereocenters. The monoisotopic (exact) mass is 281 g/mol. The fraction of sp³-hybridized carbons (Fsp3) is 0.231. The zero-order chi connectivity index (χ0) is 14.0. The number of carboxylic acids is 1. The molecule has 19 heavy (non-hydrogen) atoms. The lowest BCUT2D eigenvalue weighted by molar-refractivity contribution is -0.137. The van der Waals surface area contributed by atoms with Gasteiger partial charge in [-0.3, -0.25) is 14.2 Å². The number of carboxylic acid groups (broad SMARTS) is 1. The van der Waals surface area contributed by atoms with Crippen molar-refractivity contribution in [3.8, 4) is 11.3 Å². The Morgan fingerprint density at radius 3 is 2.74 bits per heavy atom. The number of thiazole rings is 1. The van der Waals surface area contributed by atoms with E-state index in [9.17, 15) is 14.0 Å². The molecular weight excluding hydrogens is 269 g/mol. The van der Waals surface area contributed by atoms with Gasteiger partial charge in [0.05, 0.1) is 12.1 Å². The highest BCUT2D eigenvalue weighted by atomic mass is 32.1. The van der Waals surface area contributed by atoms with Gasteiger partial charge < -0.3 is 5.11 Å². The summed E-state index contributed by atoms with van der Waals surface area (Å²) in [6, 6.07) is 6.15. The summed E-state index contributed by atoms with van der Waals surface area (Å²) in [6.45, 7) is 1.77. The number of halogens is 1. The van der Waals surface area contributed by atoms with Gasteiger partial charge in [-0.25, -0.2) is 4.39 Å². The molecule has 2 rings (SSSR count).